The molecule has 2 aromatic heterocycles. The number of hydrogen-bond donors (Lipinski definition) is 2. The third-order valence-corrected chi connectivity index (χ3v) is 4.52. The lowest BCUT2D eigenvalue weighted by atomic mass is 10.3. The van der Waals surface area contributed by atoms with E-state index >= 15 is 0 Å². The lowest BCUT2D eigenvalue weighted by molar-refractivity contribution is 0.798. The summed E-state index contributed by atoms with van der Waals surface area (Å²) < 4.78 is 1.88. The van der Waals surface area contributed by atoms with Crippen LogP contribution in [0.1, 0.15) is 10.4 Å². The van der Waals surface area contributed by atoms with Gasteiger partial charge < -0.3 is 10.6 Å². The number of benzene rings is 1. The van der Waals surface area contributed by atoms with Crippen molar-refractivity contribution in [2.24, 2.45) is 4.99 Å². The van der Waals surface area contributed by atoms with Crippen LogP contribution in [-0.4, -0.2) is 29.3 Å². The second-order valence-electron chi connectivity index (χ2n) is 5.31. The maximum Gasteiger partial charge on any atom is 0.191 e. The van der Waals surface area contributed by atoms with Gasteiger partial charge in [0.15, 0.2) is 5.96 Å². The molecule has 0 atom stereocenters. The largest absolute Gasteiger partial charge is 0.356 e. The Morgan fingerprint density at radius 3 is 2.79 bits per heavy atom. The van der Waals surface area contributed by atoms with E-state index in [-0.39, 0.29) is 0 Å². The first-order valence-corrected chi connectivity index (χ1v) is 8.79. The molecule has 124 valence electrons. The Kier molecular flexibility index (Phi) is 5.63. The summed E-state index contributed by atoms with van der Waals surface area (Å²) in [6, 6.07) is 14.3. The van der Waals surface area contributed by atoms with Crippen molar-refractivity contribution in [2.45, 2.75) is 13.0 Å². The summed E-state index contributed by atoms with van der Waals surface area (Å²) in [5.74, 6) is 0.805. The molecule has 0 aliphatic rings. The Morgan fingerprint density at radius 1 is 1.17 bits per heavy atom. The first-order chi connectivity index (χ1) is 11.8. The average Bonchev–Trinajstić information content (AvgIpc) is 3.30. The monoisotopic (exact) mass is 339 g/mol. The van der Waals surface area contributed by atoms with Crippen LogP contribution in [0.25, 0.3) is 5.69 Å². The van der Waals surface area contributed by atoms with Gasteiger partial charge in [-0.2, -0.15) is 5.10 Å². The molecule has 0 saturated carbocycles. The van der Waals surface area contributed by atoms with Gasteiger partial charge in [-0.15, -0.1) is 11.3 Å². The van der Waals surface area contributed by atoms with Crippen LogP contribution in [0.5, 0.6) is 0 Å². The molecule has 0 aliphatic heterocycles. The number of para-hydroxylation sites is 1. The molecule has 0 aliphatic carbocycles. The zero-order chi connectivity index (χ0) is 16.6. The predicted molar refractivity (Wildman–Crippen MR) is 99.8 cm³/mol. The number of hydrogen-bond acceptors (Lipinski definition) is 3. The molecule has 24 heavy (non-hydrogen) atoms. The summed E-state index contributed by atoms with van der Waals surface area (Å²) in [5, 5.41) is 13.2. The molecular weight excluding hydrogens is 318 g/mol. The average molecular weight is 339 g/mol. The molecule has 0 radical (unpaired) electrons. The van der Waals surface area contributed by atoms with Gasteiger partial charge in [0.05, 0.1) is 11.9 Å². The lowest BCUT2D eigenvalue weighted by Gasteiger charge is -2.10. The van der Waals surface area contributed by atoms with Gasteiger partial charge in [0.1, 0.15) is 0 Å². The number of rotatable bonds is 6. The molecule has 5 nitrogen and oxygen atoms in total. The van der Waals surface area contributed by atoms with Crippen LogP contribution in [0, 0.1) is 0 Å². The maximum absolute atomic E-state index is 4.40. The molecule has 6 heteroatoms. The molecule has 0 spiro atoms. The Morgan fingerprint density at radius 2 is 2.04 bits per heavy atom. The van der Waals surface area contributed by atoms with E-state index in [9.17, 15) is 0 Å². The quantitative estimate of drug-likeness (QED) is 0.536. The number of nitrogens with one attached hydrogen (secondary N) is 2. The smallest absolute Gasteiger partial charge is 0.191 e. The second kappa shape index (κ2) is 8.31. The second-order valence-corrected chi connectivity index (χ2v) is 6.34. The zero-order valence-corrected chi connectivity index (χ0v) is 14.5. The topological polar surface area (TPSA) is 54.2 Å². The van der Waals surface area contributed by atoms with Gasteiger partial charge in [-0.3, -0.25) is 4.99 Å². The number of guanidine groups is 1. The molecule has 3 aromatic rings. The maximum atomic E-state index is 4.40. The third-order valence-electron chi connectivity index (χ3n) is 3.58. The number of thiophene rings is 1. The molecule has 0 saturated heterocycles. The van der Waals surface area contributed by atoms with Gasteiger partial charge in [-0.05, 0) is 30.0 Å². The molecule has 1 aromatic carbocycles. The number of aromatic nitrogens is 2. The Labute approximate surface area is 146 Å². The van der Waals surface area contributed by atoms with Gasteiger partial charge >= 0.3 is 0 Å². The van der Waals surface area contributed by atoms with Gasteiger partial charge in [0, 0.05) is 36.8 Å². The van der Waals surface area contributed by atoms with Crippen LogP contribution >= 0.6 is 11.3 Å². The lowest BCUT2D eigenvalue weighted by Crippen LogP contribution is -2.37. The SMILES string of the molecule is CN=C(NCCc1cccs1)NCc1cnn(-c2ccccc2)c1. The minimum Gasteiger partial charge on any atom is -0.356 e. The molecule has 0 fully saturated rings. The van der Waals surface area contributed by atoms with E-state index in [0.29, 0.717) is 6.54 Å². The van der Waals surface area contributed by atoms with Gasteiger partial charge in [-0.25, -0.2) is 4.68 Å². The molecule has 0 unspecified atom stereocenters. The normalized spacial score (nSPS) is 11.5. The van der Waals surface area contributed by atoms with Crippen LogP contribution in [-0.2, 0) is 13.0 Å². The summed E-state index contributed by atoms with van der Waals surface area (Å²) >= 11 is 1.78. The summed E-state index contributed by atoms with van der Waals surface area (Å²) in [7, 11) is 1.79. The molecular formula is C18H21N5S. The van der Waals surface area contributed by atoms with Crippen molar-refractivity contribution < 1.29 is 0 Å². The van der Waals surface area contributed by atoms with E-state index < -0.39 is 0 Å². The summed E-state index contributed by atoms with van der Waals surface area (Å²) in [6.45, 7) is 1.55. The van der Waals surface area contributed by atoms with Gasteiger partial charge in [0.25, 0.3) is 0 Å². The van der Waals surface area contributed by atoms with Crippen molar-refractivity contribution >= 4 is 17.3 Å². The highest BCUT2D eigenvalue weighted by atomic mass is 32.1. The molecule has 3 rings (SSSR count). The van der Waals surface area contributed by atoms with Crippen LogP contribution in [0.2, 0.25) is 0 Å². The standard InChI is InChI=1S/C18H21N5S/c1-19-18(20-10-9-17-8-5-11-24-17)21-12-15-13-22-23(14-15)16-6-3-2-4-7-16/h2-8,11,13-14H,9-10,12H2,1H3,(H2,19,20,21). The van der Waals surface area contributed by atoms with Crippen molar-refractivity contribution in [3.05, 3.63) is 70.7 Å². The fraction of sp³-hybridized carbons (Fsp3) is 0.222. The van der Waals surface area contributed by atoms with E-state index in [0.717, 1.165) is 30.2 Å². The van der Waals surface area contributed by atoms with Crippen molar-refractivity contribution in [3.8, 4) is 5.69 Å². The first kappa shape index (κ1) is 16.3. The van der Waals surface area contributed by atoms with E-state index in [4.69, 9.17) is 0 Å². The van der Waals surface area contributed by atoms with Gasteiger partial charge in [-0.1, -0.05) is 24.3 Å². The van der Waals surface area contributed by atoms with Crippen molar-refractivity contribution in [1.29, 1.82) is 0 Å². The highest BCUT2D eigenvalue weighted by Crippen LogP contribution is 2.08. The fourth-order valence-corrected chi connectivity index (χ4v) is 3.05. The van der Waals surface area contributed by atoms with Gasteiger partial charge in [0.2, 0.25) is 0 Å². The van der Waals surface area contributed by atoms with Crippen LogP contribution < -0.4 is 10.6 Å². The van der Waals surface area contributed by atoms with E-state index in [1.165, 1.54) is 4.88 Å². The highest BCUT2D eigenvalue weighted by Gasteiger charge is 2.03. The van der Waals surface area contributed by atoms with Crippen molar-refractivity contribution in [2.75, 3.05) is 13.6 Å². The first-order valence-electron chi connectivity index (χ1n) is 7.91. The minimum absolute atomic E-state index is 0.686. The number of nitrogens with zero attached hydrogens (tertiary/aromatic N) is 3. The molecule has 2 heterocycles. The molecule has 0 bridgehead atoms. The third kappa shape index (κ3) is 4.45. The van der Waals surface area contributed by atoms with Crippen LogP contribution in [0.3, 0.4) is 0 Å². The number of aliphatic imine (C=N–C) groups is 1. The highest BCUT2D eigenvalue weighted by molar-refractivity contribution is 7.09. The molecule has 2 N–H and O–H groups in total. The Balaban J connectivity index is 1.48. The Hall–Kier alpha value is -2.60. The zero-order valence-electron chi connectivity index (χ0n) is 13.6. The van der Waals surface area contributed by atoms with Crippen LogP contribution in [0.15, 0.2) is 65.2 Å². The minimum atomic E-state index is 0.686. The van der Waals surface area contributed by atoms with Crippen LogP contribution in [0.4, 0.5) is 0 Å². The van der Waals surface area contributed by atoms with E-state index in [1.54, 1.807) is 18.4 Å². The van der Waals surface area contributed by atoms with Crippen molar-refractivity contribution in [1.82, 2.24) is 20.4 Å². The summed E-state index contributed by atoms with van der Waals surface area (Å²) in [5.41, 5.74) is 2.17. The van der Waals surface area contributed by atoms with Crippen molar-refractivity contribution in [3.63, 3.8) is 0 Å². The molecule has 0 amide bonds. The Bertz CT molecular complexity index is 762. The van der Waals surface area contributed by atoms with E-state index in [1.807, 2.05) is 47.4 Å². The summed E-state index contributed by atoms with van der Waals surface area (Å²) in [4.78, 5) is 5.63. The summed E-state index contributed by atoms with van der Waals surface area (Å²) in [6.07, 6.45) is 4.91. The fourth-order valence-electron chi connectivity index (χ4n) is 2.34. The van der Waals surface area contributed by atoms with E-state index in [2.05, 4.69) is 38.2 Å². The predicted octanol–water partition coefficient (Wildman–Crippen LogP) is 2.84.